The van der Waals surface area contributed by atoms with E-state index in [2.05, 4.69) is 52.4 Å². The first kappa shape index (κ1) is 18.9. The molecule has 26 heavy (non-hydrogen) atoms. The molecule has 0 radical (unpaired) electrons. The van der Waals surface area contributed by atoms with Gasteiger partial charge in [-0.2, -0.15) is 5.10 Å². The van der Waals surface area contributed by atoms with Gasteiger partial charge in [-0.3, -0.25) is 9.58 Å². The maximum Gasteiger partial charge on any atom is 0.150 e. The Morgan fingerprint density at radius 1 is 1.04 bits per heavy atom. The highest BCUT2D eigenvalue weighted by atomic mass is 16.5. The van der Waals surface area contributed by atoms with E-state index in [0.29, 0.717) is 6.04 Å². The van der Waals surface area contributed by atoms with Crippen LogP contribution >= 0.6 is 0 Å². The summed E-state index contributed by atoms with van der Waals surface area (Å²) >= 11 is 0. The highest BCUT2D eigenvalue weighted by Crippen LogP contribution is 2.22. The summed E-state index contributed by atoms with van der Waals surface area (Å²) in [5.41, 5.74) is 1.29. The average molecular weight is 357 g/mol. The fourth-order valence-corrected chi connectivity index (χ4v) is 3.78. The normalized spacial score (nSPS) is 21.2. The van der Waals surface area contributed by atoms with Crippen LogP contribution < -0.4 is 4.90 Å². The summed E-state index contributed by atoms with van der Waals surface area (Å²) in [4.78, 5) is 5.04. The van der Waals surface area contributed by atoms with Crippen LogP contribution in [0.2, 0.25) is 0 Å². The standard InChI is InChI=1S/C19H26N4O.C2H6/c1-2-5-17(6-3-1)15-23-10-8-19(20-23)22-9-4-7-18(16-22)21-11-13-24-14-12-21;1-2/h1-3,5-6,8,10,18H,4,7,9,11-16H2;1-2H3. The first-order valence-electron chi connectivity index (χ1n) is 10.0. The van der Waals surface area contributed by atoms with Crippen molar-refractivity contribution in [1.82, 2.24) is 14.7 Å². The van der Waals surface area contributed by atoms with Crippen LogP contribution in [0.15, 0.2) is 42.6 Å². The summed E-state index contributed by atoms with van der Waals surface area (Å²) in [7, 11) is 0. The van der Waals surface area contributed by atoms with Crippen LogP contribution in [0.3, 0.4) is 0 Å². The highest BCUT2D eigenvalue weighted by Gasteiger charge is 2.27. The van der Waals surface area contributed by atoms with E-state index in [-0.39, 0.29) is 0 Å². The predicted molar refractivity (Wildman–Crippen MR) is 107 cm³/mol. The third kappa shape index (κ3) is 4.86. The molecule has 5 heteroatoms. The molecule has 2 aliphatic rings. The molecular formula is C21H32N4O. The van der Waals surface area contributed by atoms with E-state index in [4.69, 9.17) is 9.84 Å². The zero-order valence-electron chi connectivity index (χ0n) is 16.2. The molecule has 1 aromatic heterocycles. The van der Waals surface area contributed by atoms with E-state index in [0.717, 1.165) is 51.8 Å². The molecular weight excluding hydrogens is 324 g/mol. The Bertz CT molecular complexity index is 636. The van der Waals surface area contributed by atoms with Crippen molar-refractivity contribution in [2.75, 3.05) is 44.3 Å². The number of aromatic nitrogens is 2. The highest BCUT2D eigenvalue weighted by molar-refractivity contribution is 5.38. The number of piperidine rings is 1. The maximum absolute atomic E-state index is 5.49. The Morgan fingerprint density at radius 2 is 1.81 bits per heavy atom. The van der Waals surface area contributed by atoms with Gasteiger partial charge in [-0.25, -0.2) is 0 Å². The fourth-order valence-electron chi connectivity index (χ4n) is 3.78. The number of benzene rings is 1. The van der Waals surface area contributed by atoms with Crippen LogP contribution in [0.5, 0.6) is 0 Å². The first-order valence-corrected chi connectivity index (χ1v) is 10.0. The van der Waals surface area contributed by atoms with Gasteiger partial charge in [-0.1, -0.05) is 44.2 Å². The van der Waals surface area contributed by atoms with E-state index in [1.54, 1.807) is 0 Å². The number of hydrogen-bond acceptors (Lipinski definition) is 4. The first-order chi connectivity index (χ1) is 12.9. The minimum Gasteiger partial charge on any atom is -0.379 e. The largest absolute Gasteiger partial charge is 0.379 e. The van der Waals surface area contributed by atoms with Gasteiger partial charge in [0.15, 0.2) is 5.82 Å². The van der Waals surface area contributed by atoms with Crippen molar-refractivity contribution in [1.29, 1.82) is 0 Å². The molecule has 2 saturated heterocycles. The molecule has 2 aromatic rings. The Hall–Kier alpha value is -1.85. The molecule has 0 saturated carbocycles. The molecule has 3 heterocycles. The van der Waals surface area contributed by atoms with Gasteiger partial charge in [-0.15, -0.1) is 0 Å². The number of rotatable bonds is 4. The Balaban J connectivity index is 0.000000948. The second-order valence-electron chi connectivity index (χ2n) is 6.75. The van der Waals surface area contributed by atoms with Gasteiger partial charge in [0.1, 0.15) is 0 Å². The molecule has 5 nitrogen and oxygen atoms in total. The van der Waals surface area contributed by atoms with E-state index in [9.17, 15) is 0 Å². The fraction of sp³-hybridized carbons (Fsp3) is 0.571. The molecule has 0 bridgehead atoms. The van der Waals surface area contributed by atoms with Crippen LogP contribution in [-0.4, -0.2) is 60.1 Å². The van der Waals surface area contributed by atoms with Crippen molar-refractivity contribution in [3.05, 3.63) is 48.2 Å². The van der Waals surface area contributed by atoms with Crippen molar-refractivity contribution in [3.8, 4) is 0 Å². The molecule has 0 spiro atoms. The van der Waals surface area contributed by atoms with Crippen LogP contribution in [-0.2, 0) is 11.3 Å². The van der Waals surface area contributed by atoms with Crippen molar-refractivity contribution in [2.24, 2.45) is 0 Å². The number of ether oxygens (including phenoxy) is 1. The number of nitrogens with zero attached hydrogens (tertiary/aromatic N) is 4. The summed E-state index contributed by atoms with van der Waals surface area (Å²) in [5.74, 6) is 1.11. The lowest BCUT2D eigenvalue weighted by Crippen LogP contribution is -2.51. The monoisotopic (exact) mass is 356 g/mol. The maximum atomic E-state index is 5.49. The number of morpholine rings is 1. The zero-order chi connectivity index (χ0) is 18.2. The summed E-state index contributed by atoms with van der Waals surface area (Å²) in [6.45, 7) is 10.9. The average Bonchev–Trinajstić information content (AvgIpc) is 3.20. The van der Waals surface area contributed by atoms with E-state index < -0.39 is 0 Å². The lowest BCUT2D eigenvalue weighted by atomic mass is 10.0. The van der Waals surface area contributed by atoms with Crippen molar-refractivity contribution >= 4 is 5.82 Å². The number of hydrogen-bond donors (Lipinski definition) is 0. The molecule has 4 rings (SSSR count). The summed E-state index contributed by atoms with van der Waals surface area (Å²) in [5, 5.41) is 4.81. The SMILES string of the molecule is CC.c1ccc(Cn2ccc(N3CCCC(N4CCOCC4)C3)n2)cc1. The molecule has 0 amide bonds. The smallest absolute Gasteiger partial charge is 0.150 e. The molecule has 0 aliphatic carbocycles. The summed E-state index contributed by atoms with van der Waals surface area (Å²) in [6.07, 6.45) is 4.63. The zero-order valence-corrected chi connectivity index (χ0v) is 16.2. The minimum absolute atomic E-state index is 0.641. The summed E-state index contributed by atoms with van der Waals surface area (Å²) < 4.78 is 7.54. The molecule has 1 aromatic carbocycles. The van der Waals surface area contributed by atoms with E-state index in [1.165, 1.54) is 18.4 Å². The molecule has 1 unspecified atom stereocenters. The second-order valence-corrected chi connectivity index (χ2v) is 6.75. The van der Waals surface area contributed by atoms with E-state index in [1.807, 2.05) is 18.5 Å². The molecule has 2 aliphatic heterocycles. The number of anilines is 1. The topological polar surface area (TPSA) is 33.5 Å². The summed E-state index contributed by atoms with van der Waals surface area (Å²) in [6, 6.07) is 13.3. The lowest BCUT2D eigenvalue weighted by molar-refractivity contribution is 0.0137. The minimum atomic E-state index is 0.641. The van der Waals surface area contributed by atoms with Gasteiger partial charge >= 0.3 is 0 Å². The van der Waals surface area contributed by atoms with Gasteiger partial charge in [0, 0.05) is 44.5 Å². The van der Waals surface area contributed by atoms with Crippen LogP contribution in [0.25, 0.3) is 0 Å². The van der Waals surface area contributed by atoms with Crippen molar-refractivity contribution < 1.29 is 4.74 Å². The van der Waals surface area contributed by atoms with Gasteiger partial charge in [0.2, 0.25) is 0 Å². The molecule has 142 valence electrons. The van der Waals surface area contributed by atoms with Gasteiger partial charge in [0.05, 0.1) is 19.8 Å². The van der Waals surface area contributed by atoms with Gasteiger partial charge in [0.25, 0.3) is 0 Å². The quantitative estimate of drug-likeness (QED) is 0.842. The lowest BCUT2D eigenvalue weighted by Gasteiger charge is -2.41. The van der Waals surface area contributed by atoms with Crippen LogP contribution in [0.1, 0.15) is 32.3 Å². The van der Waals surface area contributed by atoms with E-state index >= 15 is 0 Å². The Kier molecular flexibility index (Phi) is 7.09. The van der Waals surface area contributed by atoms with Crippen molar-refractivity contribution in [3.63, 3.8) is 0 Å². The molecule has 2 fully saturated rings. The second kappa shape index (κ2) is 9.74. The third-order valence-electron chi connectivity index (χ3n) is 5.10. The molecule has 1 atom stereocenters. The van der Waals surface area contributed by atoms with Gasteiger partial charge in [-0.05, 0) is 18.4 Å². The van der Waals surface area contributed by atoms with Gasteiger partial charge < -0.3 is 9.64 Å². The van der Waals surface area contributed by atoms with Crippen molar-refractivity contribution in [2.45, 2.75) is 39.3 Å². The third-order valence-corrected chi connectivity index (χ3v) is 5.10. The van der Waals surface area contributed by atoms with Crippen LogP contribution in [0, 0.1) is 0 Å². The Morgan fingerprint density at radius 3 is 2.58 bits per heavy atom. The predicted octanol–water partition coefficient (Wildman–Crippen LogP) is 3.26. The van der Waals surface area contributed by atoms with Crippen LogP contribution in [0.4, 0.5) is 5.82 Å². The molecule has 0 N–H and O–H groups in total. The Labute approximate surface area is 157 Å².